The van der Waals surface area contributed by atoms with Crippen LogP contribution in [0.25, 0.3) is 22.3 Å². The molecule has 3 aromatic rings. The first-order valence-corrected chi connectivity index (χ1v) is 21.6. The zero-order valence-corrected chi connectivity index (χ0v) is 38.5. The number of carbonyl (C=O) groups is 6. The molecule has 13 nitrogen and oxygen atoms in total. The predicted molar refractivity (Wildman–Crippen MR) is 233 cm³/mol. The molecule has 3 aromatic carbocycles. The van der Waals surface area contributed by atoms with Gasteiger partial charge >= 0.3 is 48.2 Å². The first-order chi connectivity index (χ1) is 32.9. The van der Waals surface area contributed by atoms with E-state index in [1.807, 2.05) is 12.1 Å². The normalized spacial score (nSPS) is 11.5. The third-order valence-corrected chi connectivity index (χ3v) is 10.4. The first kappa shape index (κ1) is 57.5. The molecule has 0 heterocycles. The number of benzene rings is 3. The highest BCUT2D eigenvalue weighted by atomic mass is 19.4. The summed E-state index contributed by atoms with van der Waals surface area (Å²) in [7, 11) is 1.89. The van der Waals surface area contributed by atoms with E-state index in [0.717, 1.165) is 70.4 Å². The van der Waals surface area contributed by atoms with E-state index < -0.39 is 128 Å². The van der Waals surface area contributed by atoms with Gasteiger partial charge in [-0.1, -0.05) is 76.1 Å². The number of ether oxygens (including phenoxy) is 7. The summed E-state index contributed by atoms with van der Waals surface area (Å²) in [6.45, 7) is 2.64. The molecule has 70 heavy (non-hydrogen) atoms. The molecular weight excluding hydrogens is 949 g/mol. The SMILES string of the molecule is C=C(C(=O)OCCCc1cc(-c2c(F)cc(-c3ccc(CCCCCCC)cc3)cc2F)ccc1OCC(COC(=O)CC(=O)OC)(COC(=O)CC(=O)OC)COC(=O)C(=C)C(F)(F)F)C(F)(F)F. The number of halogens is 8. The number of alkyl halides is 6. The van der Waals surface area contributed by atoms with Gasteiger partial charge in [-0.15, -0.1) is 0 Å². The van der Waals surface area contributed by atoms with Crippen molar-refractivity contribution in [3.63, 3.8) is 0 Å². The summed E-state index contributed by atoms with van der Waals surface area (Å²) in [5.74, 6) is -10.7. The number of hydrogen-bond donors (Lipinski definition) is 0. The quantitative estimate of drug-likeness (QED) is 0.0177. The van der Waals surface area contributed by atoms with Gasteiger partial charge in [0.1, 0.15) is 73.2 Å². The number of carbonyl (C=O) groups excluding carboxylic acids is 6. The van der Waals surface area contributed by atoms with Gasteiger partial charge in [-0.3, -0.25) is 19.2 Å². The van der Waals surface area contributed by atoms with Crippen LogP contribution < -0.4 is 4.74 Å². The molecule has 0 spiro atoms. The van der Waals surface area contributed by atoms with E-state index in [9.17, 15) is 55.1 Å². The second kappa shape index (κ2) is 26.8. The number of unbranched alkanes of at least 4 members (excludes halogenated alkanes) is 4. The molecule has 0 aliphatic heterocycles. The molecule has 0 atom stereocenters. The Morgan fingerprint density at radius 1 is 0.543 bits per heavy atom. The van der Waals surface area contributed by atoms with Gasteiger partial charge in [0.15, 0.2) is 0 Å². The van der Waals surface area contributed by atoms with Crippen LogP contribution in [0.3, 0.4) is 0 Å². The van der Waals surface area contributed by atoms with E-state index >= 15 is 8.78 Å². The van der Waals surface area contributed by atoms with Crippen molar-refractivity contribution in [1.29, 1.82) is 0 Å². The third kappa shape index (κ3) is 18.3. The van der Waals surface area contributed by atoms with E-state index in [2.05, 4.69) is 29.6 Å². The fraction of sp³-hybridized carbons (Fsp3) is 0.429. The second-order valence-electron chi connectivity index (χ2n) is 15.9. The fourth-order valence-electron chi connectivity index (χ4n) is 6.37. The maximum atomic E-state index is 16.0. The second-order valence-corrected chi connectivity index (χ2v) is 15.9. The molecule has 0 N–H and O–H groups in total. The van der Waals surface area contributed by atoms with Gasteiger partial charge in [0, 0.05) is 0 Å². The Hall–Kier alpha value is -6.80. The Morgan fingerprint density at radius 3 is 1.56 bits per heavy atom. The van der Waals surface area contributed by atoms with Gasteiger partial charge in [-0.25, -0.2) is 18.4 Å². The summed E-state index contributed by atoms with van der Waals surface area (Å²) in [4.78, 5) is 73.3. The molecule has 0 aromatic heterocycles. The van der Waals surface area contributed by atoms with Crippen LogP contribution in [0.1, 0.15) is 69.4 Å². The molecule has 0 fully saturated rings. The van der Waals surface area contributed by atoms with Crippen molar-refractivity contribution in [1.82, 2.24) is 0 Å². The Labute approximate surface area is 398 Å². The topological polar surface area (TPSA) is 167 Å². The molecule has 0 unspecified atom stereocenters. The Kier molecular flexibility index (Phi) is 22.0. The lowest BCUT2D eigenvalue weighted by Gasteiger charge is -2.32. The van der Waals surface area contributed by atoms with Gasteiger partial charge in [-0.2, -0.15) is 26.3 Å². The van der Waals surface area contributed by atoms with Crippen LogP contribution in [0.2, 0.25) is 0 Å². The highest BCUT2D eigenvalue weighted by Gasteiger charge is 2.42. The van der Waals surface area contributed by atoms with Crippen LogP contribution in [0.4, 0.5) is 35.1 Å². The fourth-order valence-corrected chi connectivity index (χ4v) is 6.37. The van der Waals surface area contributed by atoms with Gasteiger partial charge in [0.05, 0.1) is 26.4 Å². The maximum absolute atomic E-state index is 16.0. The molecule has 0 saturated carbocycles. The van der Waals surface area contributed by atoms with Crippen LogP contribution in [0, 0.1) is 17.0 Å². The standard InChI is InChI=1S/C49H52F8O13/c1-6-7-8-9-10-12-32-14-16-33(17-15-32)36-22-37(50)44(38(51)23-36)35-18-19-39(34(21-35)13-11-20-66-45(62)30(2)48(52,53)54)67-26-47(27-68-42(60)24-40(58)64-4,28-69-43(61)25-41(59)65-5)29-70-46(63)31(3)49(55,56)57/h14-19,21-23H,2-3,6-13,20,24-29H2,1,4-5H3. The van der Waals surface area contributed by atoms with Crippen molar-refractivity contribution in [3.8, 4) is 28.0 Å². The van der Waals surface area contributed by atoms with Gasteiger partial charge in [0.25, 0.3) is 0 Å². The maximum Gasteiger partial charge on any atom is 0.422 e. The van der Waals surface area contributed by atoms with Crippen molar-refractivity contribution < 1.29 is 97.0 Å². The molecule has 0 bridgehead atoms. The van der Waals surface area contributed by atoms with E-state index in [1.54, 1.807) is 12.1 Å². The molecule has 0 radical (unpaired) electrons. The van der Waals surface area contributed by atoms with E-state index in [0.29, 0.717) is 5.56 Å². The summed E-state index contributed by atoms with van der Waals surface area (Å²) in [6.07, 6.45) is -6.61. The number of esters is 6. The molecule has 3 rings (SSSR count). The molecular formula is C49H52F8O13. The summed E-state index contributed by atoms with van der Waals surface area (Å²) < 4.78 is 146. The van der Waals surface area contributed by atoms with Crippen molar-refractivity contribution in [2.75, 3.05) is 47.3 Å². The number of rotatable bonds is 27. The summed E-state index contributed by atoms with van der Waals surface area (Å²) >= 11 is 0. The van der Waals surface area contributed by atoms with Gasteiger partial charge in [0.2, 0.25) is 0 Å². The minimum Gasteiger partial charge on any atom is -0.492 e. The predicted octanol–water partition coefficient (Wildman–Crippen LogP) is 9.65. The Morgan fingerprint density at radius 2 is 1.04 bits per heavy atom. The first-order valence-electron chi connectivity index (χ1n) is 21.6. The van der Waals surface area contributed by atoms with Crippen LogP contribution in [0.5, 0.6) is 5.75 Å². The van der Waals surface area contributed by atoms with Crippen molar-refractivity contribution in [2.45, 2.75) is 83.5 Å². The lowest BCUT2D eigenvalue weighted by Crippen LogP contribution is -2.45. The average Bonchev–Trinajstić information content (AvgIpc) is 3.31. The van der Waals surface area contributed by atoms with Crippen molar-refractivity contribution in [2.24, 2.45) is 5.41 Å². The third-order valence-electron chi connectivity index (χ3n) is 10.4. The largest absolute Gasteiger partial charge is 0.492 e. The van der Waals surface area contributed by atoms with Gasteiger partial charge < -0.3 is 33.2 Å². The molecule has 382 valence electrons. The van der Waals surface area contributed by atoms with Gasteiger partial charge in [-0.05, 0) is 77.8 Å². The number of methoxy groups -OCH3 is 2. The highest BCUT2D eigenvalue weighted by Crippen LogP contribution is 2.36. The monoisotopic (exact) mass is 1000 g/mol. The smallest absolute Gasteiger partial charge is 0.422 e. The van der Waals surface area contributed by atoms with Crippen LogP contribution in [-0.4, -0.2) is 95.4 Å². The van der Waals surface area contributed by atoms with Crippen molar-refractivity contribution in [3.05, 3.63) is 102 Å². The summed E-state index contributed by atoms with van der Waals surface area (Å²) in [5.41, 5.74) is -4.75. The minimum absolute atomic E-state index is 0.0260. The Bertz CT molecular complexity index is 2280. The highest BCUT2D eigenvalue weighted by molar-refractivity contribution is 5.92. The summed E-state index contributed by atoms with van der Waals surface area (Å²) in [6, 6.07) is 13.0. The lowest BCUT2D eigenvalue weighted by molar-refractivity contribution is -0.167. The van der Waals surface area contributed by atoms with Crippen LogP contribution in [0.15, 0.2) is 78.9 Å². The van der Waals surface area contributed by atoms with Crippen molar-refractivity contribution >= 4 is 35.8 Å². The number of aryl methyl sites for hydroxylation is 2. The molecule has 0 aliphatic rings. The molecule has 0 amide bonds. The zero-order valence-electron chi connectivity index (χ0n) is 38.5. The average molecular weight is 1000 g/mol. The van der Waals surface area contributed by atoms with E-state index in [-0.39, 0.29) is 35.3 Å². The van der Waals surface area contributed by atoms with E-state index in [1.165, 1.54) is 18.2 Å². The summed E-state index contributed by atoms with van der Waals surface area (Å²) in [5, 5.41) is 0. The molecule has 21 heteroatoms. The van der Waals surface area contributed by atoms with Crippen LogP contribution >= 0.6 is 0 Å². The van der Waals surface area contributed by atoms with E-state index in [4.69, 9.17) is 23.7 Å². The molecule has 0 saturated heterocycles. The minimum atomic E-state index is -5.28. The number of hydrogen-bond acceptors (Lipinski definition) is 13. The molecule has 0 aliphatic carbocycles. The Balaban J connectivity index is 2.08. The van der Waals surface area contributed by atoms with Crippen LogP contribution in [-0.2, 0) is 70.0 Å². The zero-order chi connectivity index (χ0) is 52.2. The lowest BCUT2D eigenvalue weighted by atomic mass is 9.91.